The molecule has 1 saturated carbocycles. The molecule has 1 fully saturated rings. The third-order valence-electron chi connectivity index (χ3n) is 3.70. The quantitative estimate of drug-likeness (QED) is 0.493. The Bertz CT molecular complexity index is 887. The number of aromatic amines is 1. The van der Waals surface area contributed by atoms with Crippen molar-refractivity contribution in [1.82, 2.24) is 15.2 Å². The second kappa shape index (κ2) is 5.24. The van der Waals surface area contributed by atoms with Crippen molar-refractivity contribution in [3.63, 3.8) is 0 Å². The average molecular weight is 310 g/mol. The van der Waals surface area contributed by atoms with Crippen LogP contribution in [0.1, 0.15) is 12.8 Å². The maximum atomic E-state index is 11.1. The predicted octanol–water partition coefficient (Wildman–Crippen LogP) is 3.18. The molecule has 0 amide bonds. The summed E-state index contributed by atoms with van der Waals surface area (Å²) in [5.74, 6) is 0.869. The van der Waals surface area contributed by atoms with Gasteiger partial charge in [-0.2, -0.15) is 5.10 Å². The number of nitro groups is 1. The summed E-state index contributed by atoms with van der Waals surface area (Å²) in [4.78, 5) is 15.0. The van der Waals surface area contributed by atoms with Gasteiger partial charge >= 0.3 is 5.69 Å². The zero-order valence-electron chi connectivity index (χ0n) is 12.1. The lowest BCUT2D eigenvalue weighted by Gasteiger charge is -2.09. The molecule has 0 bridgehead atoms. The molecule has 0 atom stereocenters. The zero-order valence-corrected chi connectivity index (χ0v) is 12.1. The van der Waals surface area contributed by atoms with Crippen molar-refractivity contribution in [3.05, 3.63) is 46.6 Å². The van der Waals surface area contributed by atoms with E-state index >= 15 is 0 Å². The maximum absolute atomic E-state index is 11.1. The Morgan fingerprint density at radius 1 is 1.26 bits per heavy atom. The van der Waals surface area contributed by atoms with Gasteiger partial charge < -0.3 is 10.6 Å². The van der Waals surface area contributed by atoms with Crippen LogP contribution >= 0.6 is 0 Å². The first-order valence-corrected chi connectivity index (χ1v) is 7.31. The summed E-state index contributed by atoms with van der Waals surface area (Å²) in [7, 11) is 0. The fraction of sp³-hybridized carbons (Fsp3) is 0.200. The van der Waals surface area contributed by atoms with E-state index < -0.39 is 4.92 Å². The van der Waals surface area contributed by atoms with Gasteiger partial charge in [0, 0.05) is 23.2 Å². The number of fused-ring (bicyclic) bond motifs is 1. The van der Waals surface area contributed by atoms with E-state index in [1.807, 2.05) is 18.2 Å². The Morgan fingerprint density at radius 3 is 2.91 bits per heavy atom. The van der Waals surface area contributed by atoms with E-state index in [1.54, 1.807) is 12.3 Å². The molecule has 3 N–H and O–H groups in total. The van der Waals surface area contributed by atoms with Crippen LogP contribution in [0.5, 0.6) is 0 Å². The van der Waals surface area contributed by atoms with E-state index in [9.17, 15) is 10.1 Å². The monoisotopic (exact) mass is 310 g/mol. The van der Waals surface area contributed by atoms with Gasteiger partial charge in [0.25, 0.3) is 0 Å². The van der Waals surface area contributed by atoms with Crippen LogP contribution < -0.4 is 10.6 Å². The molecule has 1 aromatic carbocycles. The summed E-state index contributed by atoms with van der Waals surface area (Å²) >= 11 is 0. The van der Waals surface area contributed by atoms with Gasteiger partial charge in [0.15, 0.2) is 0 Å². The lowest BCUT2D eigenvalue weighted by atomic mass is 10.2. The highest BCUT2D eigenvalue weighted by molar-refractivity contribution is 5.82. The molecule has 0 unspecified atom stereocenters. The number of rotatable bonds is 5. The summed E-state index contributed by atoms with van der Waals surface area (Å²) in [6.45, 7) is 0. The smallest absolute Gasteiger partial charge is 0.311 e. The Kier molecular flexibility index (Phi) is 3.07. The lowest BCUT2D eigenvalue weighted by molar-refractivity contribution is -0.384. The molecule has 3 aromatic rings. The molecule has 0 aliphatic heterocycles. The van der Waals surface area contributed by atoms with Crippen molar-refractivity contribution in [3.8, 4) is 0 Å². The first kappa shape index (κ1) is 13.5. The number of nitrogens with zero attached hydrogens (tertiary/aromatic N) is 3. The van der Waals surface area contributed by atoms with E-state index in [4.69, 9.17) is 0 Å². The molecule has 8 nitrogen and oxygen atoms in total. The summed E-state index contributed by atoms with van der Waals surface area (Å²) in [6, 6.07) is 9.12. The third kappa shape index (κ3) is 2.78. The molecule has 2 heterocycles. The molecule has 23 heavy (non-hydrogen) atoms. The van der Waals surface area contributed by atoms with E-state index in [1.165, 1.54) is 6.07 Å². The largest absolute Gasteiger partial charge is 0.362 e. The van der Waals surface area contributed by atoms with Crippen molar-refractivity contribution in [2.24, 2.45) is 0 Å². The fourth-order valence-corrected chi connectivity index (χ4v) is 2.36. The van der Waals surface area contributed by atoms with Crippen molar-refractivity contribution >= 4 is 33.9 Å². The van der Waals surface area contributed by atoms with Crippen molar-refractivity contribution in [2.45, 2.75) is 18.9 Å². The third-order valence-corrected chi connectivity index (χ3v) is 3.70. The van der Waals surface area contributed by atoms with E-state index in [0.717, 1.165) is 29.4 Å². The van der Waals surface area contributed by atoms with Crippen LogP contribution in [0.15, 0.2) is 36.5 Å². The zero-order chi connectivity index (χ0) is 15.8. The highest BCUT2D eigenvalue weighted by atomic mass is 16.6. The topological polar surface area (TPSA) is 109 Å². The molecule has 0 saturated heterocycles. The minimum Gasteiger partial charge on any atom is -0.362 e. The molecule has 0 spiro atoms. The van der Waals surface area contributed by atoms with Crippen molar-refractivity contribution < 1.29 is 4.92 Å². The maximum Gasteiger partial charge on any atom is 0.311 e. The van der Waals surface area contributed by atoms with Gasteiger partial charge in [0.1, 0.15) is 5.82 Å². The molecule has 8 heteroatoms. The molecule has 1 aliphatic rings. The number of pyridine rings is 1. The summed E-state index contributed by atoms with van der Waals surface area (Å²) < 4.78 is 0. The van der Waals surface area contributed by atoms with Crippen LogP contribution in [-0.2, 0) is 0 Å². The van der Waals surface area contributed by atoms with Crippen LogP contribution in [0.3, 0.4) is 0 Å². The first-order valence-electron chi connectivity index (χ1n) is 7.31. The van der Waals surface area contributed by atoms with Gasteiger partial charge in [0.05, 0.1) is 16.6 Å². The predicted molar refractivity (Wildman–Crippen MR) is 86.9 cm³/mol. The van der Waals surface area contributed by atoms with Crippen LogP contribution in [0, 0.1) is 10.1 Å². The minimum atomic E-state index is -0.418. The second-order valence-corrected chi connectivity index (χ2v) is 5.54. The summed E-state index contributed by atoms with van der Waals surface area (Å²) in [5.41, 5.74) is 1.79. The van der Waals surface area contributed by atoms with Crippen molar-refractivity contribution in [2.75, 3.05) is 10.6 Å². The Labute approximate surface area is 131 Å². The number of hydrogen-bond acceptors (Lipinski definition) is 6. The van der Waals surface area contributed by atoms with Crippen LogP contribution in [0.25, 0.3) is 10.9 Å². The normalized spacial score (nSPS) is 13.9. The van der Waals surface area contributed by atoms with Crippen molar-refractivity contribution in [1.29, 1.82) is 0 Å². The average Bonchev–Trinajstić information content (AvgIpc) is 3.22. The van der Waals surface area contributed by atoms with Gasteiger partial charge in [0.2, 0.25) is 5.82 Å². The number of benzene rings is 1. The van der Waals surface area contributed by atoms with Crippen LogP contribution in [0.4, 0.5) is 23.0 Å². The van der Waals surface area contributed by atoms with Gasteiger partial charge in [-0.3, -0.25) is 15.2 Å². The van der Waals surface area contributed by atoms with E-state index in [2.05, 4.69) is 25.8 Å². The lowest BCUT2D eigenvalue weighted by Crippen LogP contribution is -2.07. The molecule has 0 radical (unpaired) electrons. The number of aromatic nitrogens is 3. The summed E-state index contributed by atoms with van der Waals surface area (Å²) in [6.07, 6.45) is 3.78. The van der Waals surface area contributed by atoms with Gasteiger partial charge in [-0.1, -0.05) is 0 Å². The molecule has 2 aromatic heterocycles. The minimum absolute atomic E-state index is 0.00673. The van der Waals surface area contributed by atoms with Gasteiger partial charge in [-0.05, 0) is 37.1 Å². The molecule has 4 rings (SSSR count). The standard InChI is InChI=1S/C15H14N6O2/c22-21(23)13-5-6-14(19-15(13)18-10-1-2-10)17-11-3-4-12-9(7-11)8-16-20-12/h3-8,10H,1-2H2,(H,16,20)(H2,17,18,19). The highest BCUT2D eigenvalue weighted by Crippen LogP contribution is 2.31. The Balaban J connectivity index is 1.63. The fourth-order valence-electron chi connectivity index (χ4n) is 2.36. The highest BCUT2D eigenvalue weighted by Gasteiger charge is 2.26. The molecule has 116 valence electrons. The molecule has 1 aliphatic carbocycles. The number of nitrogens with one attached hydrogen (secondary N) is 3. The second-order valence-electron chi connectivity index (χ2n) is 5.54. The summed E-state index contributed by atoms with van der Waals surface area (Å²) in [5, 5.41) is 25.2. The number of anilines is 3. The number of hydrogen-bond donors (Lipinski definition) is 3. The van der Waals surface area contributed by atoms with Crippen LogP contribution in [-0.4, -0.2) is 26.1 Å². The Hall–Kier alpha value is -3.16. The van der Waals surface area contributed by atoms with E-state index in [0.29, 0.717) is 17.7 Å². The van der Waals surface area contributed by atoms with Gasteiger partial charge in [-0.25, -0.2) is 4.98 Å². The SMILES string of the molecule is O=[N+]([O-])c1ccc(Nc2ccc3[nH]ncc3c2)nc1NC1CC1. The first-order chi connectivity index (χ1) is 11.2. The number of H-pyrrole nitrogens is 1. The molecular formula is C15H14N6O2. The Morgan fingerprint density at radius 2 is 2.13 bits per heavy atom. The van der Waals surface area contributed by atoms with E-state index in [-0.39, 0.29) is 5.69 Å². The molecular weight excluding hydrogens is 296 g/mol. The van der Waals surface area contributed by atoms with Gasteiger partial charge in [-0.15, -0.1) is 0 Å². The van der Waals surface area contributed by atoms with Crippen LogP contribution in [0.2, 0.25) is 0 Å².